The number of carbonyl (C=O) groups excluding carboxylic acids is 1. The van der Waals surface area contributed by atoms with Crippen LogP contribution in [0, 0.1) is 5.82 Å². The number of carbonyl (C=O) groups is 1. The number of aromatic nitrogens is 1. The Hall–Kier alpha value is -2.86. The molecule has 0 radical (unpaired) electrons. The lowest BCUT2D eigenvalue weighted by Gasteiger charge is -2.13. The van der Waals surface area contributed by atoms with Crippen LogP contribution in [0.3, 0.4) is 0 Å². The minimum Gasteiger partial charge on any atom is -0.497 e. The molecule has 0 bridgehead atoms. The number of benzene rings is 2. The van der Waals surface area contributed by atoms with Crippen LogP contribution in [0.4, 0.5) is 4.39 Å². The highest BCUT2D eigenvalue weighted by Crippen LogP contribution is 2.23. The van der Waals surface area contributed by atoms with Gasteiger partial charge in [0.05, 0.1) is 31.8 Å². The first-order valence-electron chi connectivity index (χ1n) is 7.68. The van der Waals surface area contributed by atoms with Gasteiger partial charge in [-0.2, -0.15) is 0 Å². The van der Waals surface area contributed by atoms with Crippen molar-refractivity contribution < 1.29 is 18.7 Å². The highest BCUT2D eigenvalue weighted by Gasteiger charge is 2.17. The van der Waals surface area contributed by atoms with Crippen molar-refractivity contribution in [2.45, 2.75) is 6.54 Å². The van der Waals surface area contributed by atoms with Gasteiger partial charge in [0.25, 0.3) is 5.56 Å². The fourth-order valence-electron chi connectivity index (χ4n) is 2.70. The number of esters is 1. The summed E-state index contributed by atoms with van der Waals surface area (Å²) in [5, 5.41) is 0.443. The summed E-state index contributed by atoms with van der Waals surface area (Å²) in [6.07, 6.45) is 0. The summed E-state index contributed by atoms with van der Waals surface area (Å²) in [4.78, 5) is 24.2. The molecular weight excluding hydrogens is 361 g/mol. The quantitative estimate of drug-likeness (QED) is 0.653. The largest absolute Gasteiger partial charge is 0.497 e. The molecule has 0 atom stereocenters. The molecule has 0 aliphatic carbocycles. The monoisotopic (exact) mass is 375 g/mol. The third-order valence-corrected chi connectivity index (χ3v) is 4.31. The fraction of sp³-hybridized carbons (Fsp3) is 0.158. The normalized spacial score (nSPS) is 10.8. The highest BCUT2D eigenvalue weighted by molar-refractivity contribution is 6.31. The minimum atomic E-state index is -0.798. The molecule has 1 aromatic heterocycles. The maximum absolute atomic E-state index is 14.3. The van der Waals surface area contributed by atoms with Crippen molar-refractivity contribution in [2.75, 3.05) is 14.2 Å². The van der Waals surface area contributed by atoms with Crippen LogP contribution in [0.5, 0.6) is 5.75 Å². The number of hydrogen-bond donors (Lipinski definition) is 0. The molecule has 0 N–H and O–H groups in total. The number of hydrogen-bond acceptors (Lipinski definition) is 4. The van der Waals surface area contributed by atoms with Crippen molar-refractivity contribution in [3.8, 4) is 5.75 Å². The average Bonchev–Trinajstić information content (AvgIpc) is 2.65. The molecule has 0 unspecified atom stereocenters. The van der Waals surface area contributed by atoms with E-state index < -0.39 is 17.3 Å². The molecule has 3 rings (SSSR count). The average molecular weight is 376 g/mol. The first-order valence-corrected chi connectivity index (χ1v) is 8.06. The van der Waals surface area contributed by atoms with Crippen LogP contribution in [-0.4, -0.2) is 24.8 Å². The Labute approximate surface area is 153 Å². The van der Waals surface area contributed by atoms with Crippen molar-refractivity contribution in [1.82, 2.24) is 4.57 Å². The van der Waals surface area contributed by atoms with Gasteiger partial charge in [0, 0.05) is 5.39 Å². The molecule has 1 heterocycles. The lowest BCUT2D eigenvalue weighted by Crippen LogP contribution is -2.22. The minimum absolute atomic E-state index is 0.0200. The second kappa shape index (κ2) is 7.17. The standard InChI is InChI=1S/C19H15ClFNO4/c1-25-13-5-3-11(4-6-13)10-22-17-9-16(21)14(19(24)26-2)7-12(17)8-15(20)18(22)23/h3-9H,10H2,1-2H3. The number of pyridine rings is 1. The van der Waals surface area contributed by atoms with Gasteiger partial charge in [0.2, 0.25) is 0 Å². The van der Waals surface area contributed by atoms with Crippen molar-refractivity contribution >= 4 is 28.5 Å². The molecule has 3 aromatic rings. The van der Waals surface area contributed by atoms with E-state index in [1.165, 1.54) is 23.8 Å². The zero-order chi connectivity index (χ0) is 18.8. The summed E-state index contributed by atoms with van der Waals surface area (Å²) in [5.74, 6) is -0.881. The van der Waals surface area contributed by atoms with E-state index in [4.69, 9.17) is 16.3 Å². The van der Waals surface area contributed by atoms with Gasteiger partial charge in [-0.15, -0.1) is 0 Å². The molecule has 134 valence electrons. The van der Waals surface area contributed by atoms with E-state index in [2.05, 4.69) is 4.74 Å². The second-order valence-corrected chi connectivity index (χ2v) is 6.02. The maximum Gasteiger partial charge on any atom is 0.340 e. The molecule has 2 aromatic carbocycles. The van der Waals surface area contributed by atoms with Crippen molar-refractivity contribution in [3.63, 3.8) is 0 Å². The molecule has 0 saturated carbocycles. The summed E-state index contributed by atoms with van der Waals surface area (Å²) < 4.78 is 25.4. The van der Waals surface area contributed by atoms with Crippen molar-refractivity contribution in [1.29, 1.82) is 0 Å². The lowest BCUT2D eigenvalue weighted by molar-refractivity contribution is 0.0595. The van der Waals surface area contributed by atoms with E-state index in [1.54, 1.807) is 31.4 Å². The first kappa shape index (κ1) is 17.9. The maximum atomic E-state index is 14.3. The Morgan fingerprint density at radius 1 is 1.15 bits per heavy atom. The van der Waals surface area contributed by atoms with Crippen molar-refractivity contribution in [3.05, 3.63) is 74.8 Å². The number of nitrogens with zero attached hydrogens (tertiary/aromatic N) is 1. The van der Waals surface area contributed by atoms with Gasteiger partial charge < -0.3 is 14.0 Å². The van der Waals surface area contributed by atoms with Gasteiger partial charge in [-0.05, 0) is 35.9 Å². The van der Waals surface area contributed by atoms with Crippen LogP contribution in [0.1, 0.15) is 15.9 Å². The number of halogens is 2. The molecule has 0 aliphatic heterocycles. The smallest absolute Gasteiger partial charge is 0.340 e. The van der Waals surface area contributed by atoms with Gasteiger partial charge >= 0.3 is 5.97 Å². The van der Waals surface area contributed by atoms with Crippen LogP contribution in [0.2, 0.25) is 5.02 Å². The molecule has 0 aliphatic rings. The second-order valence-electron chi connectivity index (χ2n) is 5.61. The molecule has 26 heavy (non-hydrogen) atoms. The summed E-state index contributed by atoms with van der Waals surface area (Å²) in [6, 6.07) is 11.0. The van der Waals surface area contributed by atoms with Crippen LogP contribution in [0.15, 0.2) is 47.3 Å². The Bertz CT molecular complexity index is 1040. The third-order valence-electron chi connectivity index (χ3n) is 4.04. The van der Waals surface area contributed by atoms with E-state index in [1.807, 2.05) is 0 Å². The molecule has 7 heteroatoms. The van der Waals surface area contributed by atoms with Crippen LogP contribution >= 0.6 is 11.6 Å². The Balaban J connectivity index is 2.16. The summed E-state index contributed by atoms with van der Waals surface area (Å²) >= 11 is 6.05. The van der Waals surface area contributed by atoms with Gasteiger partial charge in [-0.3, -0.25) is 4.79 Å². The lowest BCUT2D eigenvalue weighted by atomic mass is 10.1. The molecule has 0 spiro atoms. The molecule has 5 nitrogen and oxygen atoms in total. The number of fused-ring (bicyclic) bond motifs is 1. The number of ether oxygens (including phenoxy) is 2. The van der Waals surface area contributed by atoms with E-state index in [0.29, 0.717) is 16.7 Å². The van der Waals surface area contributed by atoms with E-state index in [0.717, 1.165) is 11.6 Å². The highest BCUT2D eigenvalue weighted by atomic mass is 35.5. The first-order chi connectivity index (χ1) is 12.4. The molecule has 0 saturated heterocycles. The molecule has 0 amide bonds. The van der Waals surface area contributed by atoms with Crippen molar-refractivity contribution in [2.24, 2.45) is 0 Å². The summed E-state index contributed by atoms with van der Waals surface area (Å²) in [6.45, 7) is 0.191. The third kappa shape index (κ3) is 3.28. The number of methoxy groups -OCH3 is 2. The van der Waals surface area contributed by atoms with Crippen LogP contribution in [-0.2, 0) is 11.3 Å². The van der Waals surface area contributed by atoms with Gasteiger partial charge in [-0.1, -0.05) is 23.7 Å². The van der Waals surface area contributed by atoms with E-state index in [-0.39, 0.29) is 17.1 Å². The Morgan fingerprint density at radius 3 is 2.46 bits per heavy atom. The van der Waals surface area contributed by atoms with Gasteiger partial charge in [0.1, 0.15) is 16.6 Å². The Morgan fingerprint density at radius 2 is 1.85 bits per heavy atom. The zero-order valence-corrected chi connectivity index (χ0v) is 14.8. The van der Waals surface area contributed by atoms with E-state index >= 15 is 0 Å². The SMILES string of the molecule is COC(=O)c1cc2cc(Cl)c(=O)n(Cc3ccc(OC)cc3)c2cc1F. The summed E-state index contributed by atoms with van der Waals surface area (Å²) in [5.41, 5.74) is 0.486. The summed E-state index contributed by atoms with van der Waals surface area (Å²) in [7, 11) is 2.73. The van der Waals surface area contributed by atoms with Gasteiger partial charge in [0.15, 0.2) is 0 Å². The van der Waals surface area contributed by atoms with E-state index in [9.17, 15) is 14.0 Å². The van der Waals surface area contributed by atoms with Crippen LogP contribution in [0.25, 0.3) is 10.9 Å². The van der Waals surface area contributed by atoms with Crippen LogP contribution < -0.4 is 10.3 Å². The Kier molecular flexibility index (Phi) is 4.95. The zero-order valence-electron chi connectivity index (χ0n) is 14.1. The molecular formula is C19H15ClFNO4. The number of rotatable bonds is 4. The predicted octanol–water partition coefficient (Wildman–Crippen LogP) is 3.64. The predicted molar refractivity (Wildman–Crippen MR) is 96.6 cm³/mol. The topological polar surface area (TPSA) is 57.5 Å². The molecule has 0 fully saturated rings. The van der Waals surface area contributed by atoms with Gasteiger partial charge in [-0.25, -0.2) is 9.18 Å². The fourth-order valence-corrected chi connectivity index (χ4v) is 2.92.